The van der Waals surface area contributed by atoms with Gasteiger partial charge in [-0.1, -0.05) is 168 Å². The molecule has 0 rings (SSSR count). The molecule has 0 aliphatic carbocycles. The molecule has 0 aromatic carbocycles. The summed E-state index contributed by atoms with van der Waals surface area (Å²) in [4.78, 5) is 34.7. The number of hydrogen-bond donors (Lipinski definition) is 7. The zero-order valence-electron chi connectivity index (χ0n) is 51.1. The zero-order valence-corrected chi connectivity index (χ0v) is 74.9. The molecule has 0 saturated heterocycles. The summed E-state index contributed by atoms with van der Waals surface area (Å²) in [6, 6.07) is 0. The van der Waals surface area contributed by atoms with Gasteiger partial charge in [0.15, 0.2) is 6.10 Å². The van der Waals surface area contributed by atoms with Gasteiger partial charge in [0, 0.05) is 253 Å². The summed E-state index contributed by atoms with van der Waals surface area (Å²) < 4.78 is 0. The van der Waals surface area contributed by atoms with Crippen molar-refractivity contribution in [3.63, 3.8) is 0 Å². The monoisotopic (exact) mass is 2160 g/mol. The molecule has 0 heterocycles. The molecule has 13 nitrogen and oxygen atoms in total. The topological polar surface area (TPSA) is 172 Å². The van der Waals surface area contributed by atoms with Crippen molar-refractivity contribution in [2.24, 2.45) is 5.92 Å². The number of unbranched alkanes of at least 4 members (excludes halogenated alkanes) is 27. The molecule has 77 heavy (non-hydrogen) atoms. The Morgan fingerprint density at radius 3 is 1.06 bits per heavy atom. The number of aliphatic hydroxyl groups is 5. The Balaban J connectivity index is -0.00000252. The van der Waals surface area contributed by atoms with Crippen molar-refractivity contribution in [1.29, 1.82) is 0 Å². The van der Waals surface area contributed by atoms with Crippen molar-refractivity contribution in [2.45, 2.75) is 263 Å². The van der Waals surface area contributed by atoms with Gasteiger partial charge in [0.2, 0.25) is 5.91 Å². The van der Waals surface area contributed by atoms with E-state index in [9.17, 15) is 30.0 Å². The van der Waals surface area contributed by atoms with E-state index in [0.29, 0.717) is 18.9 Å². The van der Waals surface area contributed by atoms with Crippen molar-refractivity contribution >= 4 is 11.8 Å². The van der Waals surface area contributed by atoms with Crippen LogP contribution in [-0.4, -0.2) is 182 Å². The molecule has 0 unspecified atom stereocenters. The van der Waals surface area contributed by atoms with Crippen LogP contribution >= 0.6 is 0 Å². The molecule has 4 atom stereocenters. The van der Waals surface area contributed by atoms with E-state index >= 15 is 0 Å². The average Bonchev–Trinajstić information content (AvgIpc) is 3.37. The van der Waals surface area contributed by atoms with Gasteiger partial charge in [-0.3, -0.25) is 9.59 Å². The molecule has 2 amide bonds. The summed E-state index contributed by atoms with van der Waals surface area (Å²) >= 11 is 0. The van der Waals surface area contributed by atoms with Gasteiger partial charge in [-0.05, 0) is 138 Å². The van der Waals surface area contributed by atoms with Crippen LogP contribution in [0.25, 0.3) is 0 Å². The molecule has 18 heteroatoms. The summed E-state index contributed by atoms with van der Waals surface area (Å²) in [7, 11) is 9.23. The molecule has 0 fully saturated rings. The predicted octanol–water partition coefficient (Wildman–Crippen LogP) is 9.69. The second kappa shape index (κ2) is 70.9. The van der Waals surface area contributed by atoms with Crippen LogP contribution in [-0.2, 0) is 9.59 Å². The van der Waals surface area contributed by atoms with Gasteiger partial charge in [-0.2, -0.15) is 0 Å². The Kier molecular flexibility index (Phi) is 86.4. The molecule has 7 N–H and O–H groups in total. The number of hydrogen-bond acceptors (Lipinski definition) is 11. The van der Waals surface area contributed by atoms with Gasteiger partial charge >= 0.3 is 0 Å². The Morgan fingerprint density at radius 2 is 0.701 bits per heavy atom. The molecule has 5 radical (unpaired) electrons. The number of amides is 2. The molecule has 0 spiro atoms. The van der Waals surface area contributed by atoms with Crippen molar-refractivity contribution in [1.82, 2.24) is 30.2 Å². The van der Waals surface area contributed by atoms with Gasteiger partial charge in [-0.25, -0.2) is 0 Å². The maximum absolute atomic E-state index is 12.5. The van der Waals surface area contributed by atoms with E-state index in [1.807, 2.05) is 0 Å². The molecule has 0 saturated carbocycles. The van der Waals surface area contributed by atoms with Crippen molar-refractivity contribution in [3.05, 3.63) is 0 Å². The predicted molar refractivity (Wildman–Crippen MR) is 304 cm³/mol. The van der Waals surface area contributed by atoms with Gasteiger partial charge in [0.1, 0.15) is 18.3 Å². The molecule has 0 aromatic rings. The quantitative estimate of drug-likeness (QED) is 0.0289. The zero-order chi connectivity index (χ0) is 53.3. The summed E-state index contributed by atoms with van der Waals surface area (Å²) in [5.41, 5.74) is 0. The molecular weight excluding hydrogens is 2040 g/mol. The minimum atomic E-state index is -1.87. The van der Waals surface area contributed by atoms with E-state index < -0.39 is 36.9 Å². The SMILES string of the molecule is CCCCN(C)CCCCN(C)CC(CCCCCCNC(=O)CCCCCCCCCCCCCCCCCCCCCCCNC(=O)[C@H](O)[C@@H](O)[C@H](O)[C@H](O)CO)CN(C)CCCCN(C)CCCC.[Ac].[Ac].[Ac].[Ac].[Ac]. The Bertz CT molecular complexity index is 1170. The number of carbonyl (C=O) groups is 2. The first-order valence-electron chi connectivity index (χ1n) is 30.5. The van der Waals surface area contributed by atoms with Crippen LogP contribution < -0.4 is 10.6 Å². The standard InChI is InChI=1S/C59H122N6O7.5Ac/c1-7-9-44-62(3)46-36-38-48-64(5)50-53(51-65(6)49-39-37-47-63(4)45-10-8-2)40-32-29-31-34-42-60-55(68)41-33-28-26-24-22-20-18-16-14-12-11-13-15-17-19-21-23-25-27-30-35-43-61-59(72)58(71)57(70)56(69)54(67)52-66;;;;;/h53-54,56-58,66-67,69-71H,7-52H2,1-6H3,(H,60,68)(H,61,72);;;;;/t54-,56-,57+,58-;;;;;/m1...../s1. The van der Waals surface area contributed by atoms with E-state index in [1.165, 1.54) is 239 Å². The van der Waals surface area contributed by atoms with Crippen LogP contribution in [0.1, 0.15) is 239 Å². The van der Waals surface area contributed by atoms with E-state index in [4.69, 9.17) is 5.11 Å². The Morgan fingerprint density at radius 1 is 0.390 bits per heavy atom. The number of rotatable bonds is 56. The third-order valence-electron chi connectivity index (χ3n) is 14.9. The fraction of sp³-hybridized carbons (Fsp3) is 0.966. The minimum absolute atomic E-state index is 0. The minimum Gasteiger partial charge on any atom is -0.394 e. The molecule has 0 aliphatic heterocycles. The molecule has 0 bridgehead atoms. The Hall–Kier alpha value is 5.79. The van der Waals surface area contributed by atoms with Gasteiger partial charge in [0.05, 0.1) is 6.61 Å². The van der Waals surface area contributed by atoms with E-state index in [-0.39, 0.29) is 226 Å². The maximum atomic E-state index is 12.5. The first-order chi connectivity index (χ1) is 34.9. The first-order valence-corrected chi connectivity index (χ1v) is 30.5. The normalized spacial score (nSPS) is 12.9. The average molecular weight is 2160 g/mol. The summed E-state index contributed by atoms with van der Waals surface area (Å²) in [6.07, 6.45) is 36.0. The van der Waals surface area contributed by atoms with E-state index in [2.05, 4.69) is 72.3 Å². The maximum Gasteiger partial charge on any atom is 0.251 e. The van der Waals surface area contributed by atoms with Gasteiger partial charge < -0.3 is 55.8 Å². The van der Waals surface area contributed by atoms with Crippen LogP contribution in [0.15, 0.2) is 0 Å². The van der Waals surface area contributed by atoms with Crippen molar-refractivity contribution < 1.29 is 255 Å². The summed E-state index contributed by atoms with van der Waals surface area (Å²) in [5.74, 6) is 0.156. The summed E-state index contributed by atoms with van der Waals surface area (Å²) in [5, 5.41) is 53.3. The molecular formula is C59H122Ac5N6O7. The molecule has 445 valence electrons. The smallest absolute Gasteiger partial charge is 0.251 e. The fourth-order valence-electron chi connectivity index (χ4n) is 9.90. The van der Waals surface area contributed by atoms with E-state index in [1.54, 1.807) is 0 Å². The van der Waals surface area contributed by atoms with Crippen LogP contribution in [0.5, 0.6) is 0 Å². The molecule has 0 aromatic heterocycles. The third kappa shape index (κ3) is 63.2. The Labute approximate surface area is 655 Å². The third-order valence-corrected chi connectivity index (χ3v) is 14.9. The van der Waals surface area contributed by atoms with E-state index in [0.717, 1.165) is 38.6 Å². The largest absolute Gasteiger partial charge is 0.394 e. The second-order valence-electron chi connectivity index (χ2n) is 22.3. The van der Waals surface area contributed by atoms with Crippen LogP contribution in [0.2, 0.25) is 0 Å². The van der Waals surface area contributed by atoms with Crippen molar-refractivity contribution in [3.8, 4) is 0 Å². The van der Waals surface area contributed by atoms with Crippen LogP contribution in [0.4, 0.5) is 0 Å². The number of aliphatic hydroxyl groups excluding tert-OH is 5. The summed E-state index contributed by atoms with van der Waals surface area (Å²) in [6.45, 7) is 14.6. The van der Waals surface area contributed by atoms with Crippen molar-refractivity contribution in [2.75, 3.05) is 100 Å². The first kappa shape index (κ1) is 93.9. The number of nitrogens with zero attached hydrogens (tertiary/aromatic N) is 4. The van der Waals surface area contributed by atoms with Gasteiger partial charge in [0.25, 0.3) is 5.91 Å². The van der Waals surface area contributed by atoms with Crippen LogP contribution in [0, 0.1) is 226 Å². The number of carbonyl (C=O) groups excluding carboxylic acids is 2. The number of nitrogens with one attached hydrogen (secondary N) is 2. The fourth-order valence-corrected chi connectivity index (χ4v) is 9.90. The molecule has 0 aliphatic rings. The van der Waals surface area contributed by atoms with Gasteiger partial charge in [-0.15, -0.1) is 0 Å². The van der Waals surface area contributed by atoms with Crippen LogP contribution in [0.3, 0.4) is 0 Å². The second-order valence-corrected chi connectivity index (χ2v) is 22.3.